The number of rotatable bonds is 3. The van der Waals surface area contributed by atoms with E-state index in [-0.39, 0.29) is 11.6 Å². The van der Waals surface area contributed by atoms with Crippen LogP contribution in [0.4, 0.5) is 4.39 Å². The number of nitrogens with zero attached hydrogens (tertiary/aromatic N) is 2. The Labute approximate surface area is 120 Å². The number of hydrogen-bond acceptors (Lipinski definition) is 4. The molecule has 0 saturated carbocycles. The van der Waals surface area contributed by atoms with E-state index in [1.165, 1.54) is 6.07 Å². The van der Waals surface area contributed by atoms with Gasteiger partial charge in [-0.3, -0.25) is 0 Å². The topological polar surface area (TPSA) is 59.2 Å². The molecule has 0 atom stereocenters. The van der Waals surface area contributed by atoms with Crippen molar-refractivity contribution in [2.24, 2.45) is 0 Å². The van der Waals surface area contributed by atoms with Crippen LogP contribution in [0.15, 0.2) is 47.0 Å². The zero-order valence-electron chi connectivity index (χ0n) is 11.4. The lowest BCUT2D eigenvalue weighted by Crippen LogP contribution is -1.89. The van der Waals surface area contributed by atoms with Gasteiger partial charge in [0.1, 0.15) is 11.6 Å². The lowest BCUT2D eigenvalue weighted by molar-refractivity contribution is 0.385. The molecular weight excluding hydrogens is 271 g/mol. The number of aryl methyl sites for hydroxylation is 1. The van der Waals surface area contributed by atoms with E-state index in [4.69, 9.17) is 4.52 Å². The maximum atomic E-state index is 13.5. The fraction of sp³-hybridized carbons (Fsp3) is 0.125. The van der Waals surface area contributed by atoms with Crippen LogP contribution in [0.5, 0.6) is 5.75 Å². The predicted octanol–water partition coefficient (Wildman–Crippen LogP) is 3.48. The van der Waals surface area contributed by atoms with Crippen LogP contribution in [-0.4, -0.2) is 15.2 Å². The van der Waals surface area contributed by atoms with Crippen molar-refractivity contribution in [1.29, 1.82) is 0 Å². The maximum absolute atomic E-state index is 13.5. The first-order valence-corrected chi connectivity index (χ1v) is 6.49. The summed E-state index contributed by atoms with van der Waals surface area (Å²) in [7, 11) is 0. The molecule has 0 fully saturated rings. The molecule has 5 heteroatoms. The van der Waals surface area contributed by atoms with Gasteiger partial charge in [0.25, 0.3) is 0 Å². The molecule has 4 nitrogen and oxygen atoms in total. The first-order chi connectivity index (χ1) is 10.1. The van der Waals surface area contributed by atoms with Crippen LogP contribution >= 0.6 is 0 Å². The molecule has 0 unspecified atom stereocenters. The molecule has 3 aromatic rings. The molecule has 0 aliphatic carbocycles. The molecule has 0 spiro atoms. The third-order valence-electron chi connectivity index (χ3n) is 3.16. The lowest BCUT2D eigenvalue weighted by Gasteiger charge is -1.98. The summed E-state index contributed by atoms with van der Waals surface area (Å²) in [5, 5.41) is 13.3. The van der Waals surface area contributed by atoms with Crippen LogP contribution in [0.25, 0.3) is 11.4 Å². The highest BCUT2D eigenvalue weighted by molar-refractivity contribution is 5.55. The number of benzene rings is 2. The second kappa shape index (κ2) is 5.36. The number of aromatic hydroxyl groups is 1. The van der Waals surface area contributed by atoms with E-state index in [0.29, 0.717) is 29.3 Å². The Balaban J connectivity index is 1.84. The minimum atomic E-state index is -0.299. The standard InChI is InChI=1S/C16H13FN2O2/c1-10-5-6-12(9-14(10)17)16-18-15(21-19-16)8-11-3-2-4-13(20)7-11/h2-7,9,20H,8H2,1H3. The van der Waals surface area contributed by atoms with Crippen LogP contribution < -0.4 is 0 Å². The van der Waals surface area contributed by atoms with E-state index in [1.54, 1.807) is 37.3 Å². The van der Waals surface area contributed by atoms with Gasteiger partial charge in [-0.25, -0.2) is 4.39 Å². The van der Waals surface area contributed by atoms with Gasteiger partial charge in [0.05, 0.1) is 6.42 Å². The Bertz CT molecular complexity index is 783. The maximum Gasteiger partial charge on any atom is 0.231 e. The molecule has 1 aromatic heterocycles. The molecule has 0 radical (unpaired) electrons. The molecule has 0 aliphatic heterocycles. The van der Waals surface area contributed by atoms with Crippen LogP contribution in [0, 0.1) is 12.7 Å². The van der Waals surface area contributed by atoms with Gasteiger partial charge in [0.2, 0.25) is 11.7 Å². The molecule has 0 bridgehead atoms. The molecule has 21 heavy (non-hydrogen) atoms. The lowest BCUT2D eigenvalue weighted by atomic mass is 10.1. The van der Waals surface area contributed by atoms with Gasteiger partial charge < -0.3 is 9.63 Å². The molecule has 2 aromatic carbocycles. The van der Waals surface area contributed by atoms with Crippen molar-refractivity contribution >= 4 is 0 Å². The van der Waals surface area contributed by atoms with Crippen molar-refractivity contribution in [3.8, 4) is 17.1 Å². The summed E-state index contributed by atoms with van der Waals surface area (Å²) in [5.41, 5.74) is 2.01. The Morgan fingerprint density at radius 3 is 2.81 bits per heavy atom. The van der Waals surface area contributed by atoms with E-state index in [2.05, 4.69) is 10.1 Å². The highest BCUT2D eigenvalue weighted by atomic mass is 19.1. The van der Waals surface area contributed by atoms with Crippen molar-refractivity contribution < 1.29 is 14.0 Å². The van der Waals surface area contributed by atoms with Gasteiger partial charge in [-0.1, -0.05) is 29.4 Å². The summed E-state index contributed by atoms with van der Waals surface area (Å²) < 4.78 is 18.7. The highest BCUT2D eigenvalue weighted by Crippen LogP contribution is 2.20. The van der Waals surface area contributed by atoms with E-state index >= 15 is 0 Å². The zero-order chi connectivity index (χ0) is 14.8. The molecular formula is C16H13FN2O2. The quantitative estimate of drug-likeness (QED) is 0.800. The van der Waals surface area contributed by atoms with Crippen LogP contribution in [0.2, 0.25) is 0 Å². The summed E-state index contributed by atoms with van der Waals surface area (Å²) in [4.78, 5) is 4.25. The number of phenols is 1. The van der Waals surface area contributed by atoms with Crippen LogP contribution in [0.3, 0.4) is 0 Å². The number of halogens is 1. The largest absolute Gasteiger partial charge is 0.508 e. The number of phenolic OH excluding ortho intramolecular Hbond substituents is 1. The fourth-order valence-electron chi connectivity index (χ4n) is 2.02. The van der Waals surface area contributed by atoms with E-state index in [1.807, 2.05) is 6.07 Å². The normalized spacial score (nSPS) is 10.8. The van der Waals surface area contributed by atoms with E-state index in [0.717, 1.165) is 5.56 Å². The monoisotopic (exact) mass is 284 g/mol. The summed E-state index contributed by atoms with van der Waals surface area (Å²) >= 11 is 0. The second-order valence-electron chi connectivity index (χ2n) is 4.82. The third kappa shape index (κ3) is 2.91. The van der Waals surface area contributed by atoms with Gasteiger partial charge >= 0.3 is 0 Å². The van der Waals surface area contributed by atoms with Crippen molar-refractivity contribution in [3.05, 3.63) is 65.3 Å². The average Bonchev–Trinajstić information content (AvgIpc) is 2.90. The summed E-state index contributed by atoms with van der Waals surface area (Å²) in [6.07, 6.45) is 0.412. The molecule has 106 valence electrons. The van der Waals surface area contributed by atoms with Crippen molar-refractivity contribution in [1.82, 2.24) is 10.1 Å². The van der Waals surface area contributed by atoms with Gasteiger partial charge in [0.15, 0.2) is 0 Å². The van der Waals surface area contributed by atoms with E-state index < -0.39 is 0 Å². The average molecular weight is 284 g/mol. The second-order valence-corrected chi connectivity index (χ2v) is 4.82. The van der Waals surface area contributed by atoms with Gasteiger partial charge in [-0.15, -0.1) is 0 Å². The first kappa shape index (κ1) is 13.3. The van der Waals surface area contributed by atoms with Gasteiger partial charge in [-0.05, 0) is 36.2 Å². The molecule has 1 heterocycles. The minimum absolute atomic E-state index is 0.188. The highest BCUT2D eigenvalue weighted by Gasteiger charge is 2.11. The number of hydrogen-bond donors (Lipinski definition) is 1. The van der Waals surface area contributed by atoms with Crippen LogP contribution in [0.1, 0.15) is 17.0 Å². The van der Waals surface area contributed by atoms with Crippen molar-refractivity contribution in [2.45, 2.75) is 13.3 Å². The predicted molar refractivity (Wildman–Crippen MR) is 75.3 cm³/mol. The van der Waals surface area contributed by atoms with Crippen LogP contribution in [-0.2, 0) is 6.42 Å². The summed E-state index contributed by atoms with van der Waals surface area (Å²) in [6, 6.07) is 11.6. The Hall–Kier alpha value is -2.69. The molecule has 0 aliphatic rings. The zero-order valence-corrected chi connectivity index (χ0v) is 11.4. The number of aromatic nitrogens is 2. The minimum Gasteiger partial charge on any atom is -0.508 e. The van der Waals surface area contributed by atoms with Crippen molar-refractivity contribution in [3.63, 3.8) is 0 Å². The van der Waals surface area contributed by atoms with Gasteiger partial charge in [-0.2, -0.15) is 4.98 Å². The Morgan fingerprint density at radius 1 is 1.19 bits per heavy atom. The molecule has 3 rings (SSSR count). The fourth-order valence-corrected chi connectivity index (χ4v) is 2.02. The molecule has 1 N–H and O–H groups in total. The van der Waals surface area contributed by atoms with Crippen molar-refractivity contribution in [2.75, 3.05) is 0 Å². The van der Waals surface area contributed by atoms with E-state index in [9.17, 15) is 9.50 Å². The Morgan fingerprint density at radius 2 is 2.05 bits per heavy atom. The SMILES string of the molecule is Cc1ccc(-c2noc(Cc3cccc(O)c3)n2)cc1F. The molecule has 0 saturated heterocycles. The third-order valence-corrected chi connectivity index (χ3v) is 3.16. The Kier molecular flexibility index (Phi) is 3.39. The summed E-state index contributed by atoms with van der Waals surface area (Å²) in [6.45, 7) is 1.70. The van der Waals surface area contributed by atoms with Gasteiger partial charge in [0, 0.05) is 5.56 Å². The molecule has 0 amide bonds. The summed E-state index contributed by atoms with van der Waals surface area (Å²) in [5.74, 6) is 0.653. The first-order valence-electron chi connectivity index (χ1n) is 6.49. The smallest absolute Gasteiger partial charge is 0.231 e.